The number of carboxylic acids is 2. The van der Waals surface area contributed by atoms with E-state index in [2.05, 4.69) is 26.9 Å². The first-order chi connectivity index (χ1) is 16.7. The number of likely N-dealkylation sites (tertiary alicyclic amines) is 2. The Morgan fingerprint density at radius 2 is 1.50 bits per heavy atom. The first-order valence-electron chi connectivity index (χ1n) is 11.3. The Morgan fingerprint density at radius 1 is 0.972 bits per heavy atom. The summed E-state index contributed by atoms with van der Waals surface area (Å²) in [5, 5.41) is 14.2. The van der Waals surface area contributed by atoms with Gasteiger partial charge >= 0.3 is 24.3 Å². The van der Waals surface area contributed by atoms with Crippen LogP contribution in [0.5, 0.6) is 0 Å². The molecular formula is C22H29F6N3O5. The molecule has 8 nitrogen and oxygen atoms in total. The van der Waals surface area contributed by atoms with Crippen molar-refractivity contribution in [3.63, 3.8) is 0 Å². The van der Waals surface area contributed by atoms with Crippen molar-refractivity contribution in [1.29, 1.82) is 0 Å². The van der Waals surface area contributed by atoms with Crippen molar-refractivity contribution in [1.82, 2.24) is 14.8 Å². The summed E-state index contributed by atoms with van der Waals surface area (Å²) in [5.41, 5.74) is 1.36. The molecule has 3 aliphatic heterocycles. The molecule has 1 unspecified atom stereocenters. The average molecular weight is 529 g/mol. The van der Waals surface area contributed by atoms with E-state index < -0.39 is 24.3 Å². The van der Waals surface area contributed by atoms with E-state index in [4.69, 9.17) is 24.5 Å². The first-order valence-corrected chi connectivity index (χ1v) is 11.3. The number of aromatic nitrogens is 1. The quantitative estimate of drug-likeness (QED) is 0.573. The number of hydrogen-bond donors (Lipinski definition) is 2. The van der Waals surface area contributed by atoms with Gasteiger partial charge in [0.2, 0.25) is 0 Å². The third-order valence-electron chi connectivity index (χ3n) is 6.21. The molecule has 204 valence electrons. The molecule has 1 atom stereocenters. The highest BCUT2D eigenvalue weighted by atomic mass is 19.4. The van der Waals surface area contributed by atoms with Crippen molar-refractivity contribution in [2.75, 3.05) is 32.8 Å². The maximum absolute atomic E-state index is 10.6. The van der Waals surface area contributed by atoms with Crippen LogP contribution in [0.3, 0.4) is 0 Å². The van der Waals surface area contributed by atoms with Crippen LogP contribution < -0.4 is 0 Å². The fourth-order valence-corrected chi connectivity index (χ4v) is 4.35. The first kappa shape index (κ1) is 29.8. The summed E-state index contributed by atoms with van der Waals surface area (Å²) < 4.78 is 69.8. The minimum absolute atomic E-state index is 0.174. The van der Waals surface area contributed by atoms with Crippen LogP contribution in [0, 0.1) is 0 Å². The van der Waals surface area contributed by atoms with Crippen LogP contribution in [0.2, 0.25) is 0 Å². The van der Waals surface area contributed by atoms with Gasteiger partial charge in [-0.3, -0.25) is 14.8 Å². The summed E-state index contributed by atoms with van der Waals surface area (Å²) in [6.07, 6.45) is -1.90. The van der Waals surface area contributed by atoms with Crippen molar-refractivity contribution in [2.24, 2.45) is 0 Å². The van der Waals surface area contributed by atoms with Gasteiger partial charge in [-0.05, 0) is 57.3 Å². The van der Waals surface area contributed by atoms with E-state index in [0.717, 1.165) is 26.2 Å². The van der Waals surface area contributed by atoms with E-state index in [-0.39, 0.29) is 5.60 Å². The number of alkyl halides is 6. The lowest BCUT2D eigenvalue weighted by molar-refractivity contribution is -0.193. The molecule has 3 fully saturated rings. The number of piperidine rings is 1. The highest BCUT2D eigenvalue weighted by Crippen LogP contribution is 2.38. The summed E-state index contributed by atoms with van der Waals surface area (Å²) in [6.45, 7) is 6.80. The lowest BCUT2D eigenvalue weighted by Crippen LogP contribution is -2.44. The van der Waals surface area contributed by atoms with Crippen LogP contribution in [0.15, 0.2) is 24.4 Å². The van der Waals surface area contributed by atoms with Crippen molar-refractivity contribution in [2.45, 2.75) is 62.6 Å². The number of halogens is 6. The molecule has 0 radical (unpaired) electrons. The highest BCUT2D eigenvalue weighted by Gasteiger charge is 2.44. The van der Waals surface area contributed by atoms with Crippen LogP contribution in [-0.2, 0) is 20.9 Å². The molecule has 36 heavy (non-hydrogen) atoms. The minimum Gasteiger partial charge on any atom is -0.475 e. The predicted octanol–water partition coefficient (Wildman–Crippen LogP) is 3.57. The highest BCUT2D eigenvalue weighted by molar-refractivity contribution is 5.73. The fraction of sp³-hybridized carbons (Fsp3) is 0.682. The zero-order chi connectivity index (χ0) is 27.0. The molecule has 2 N–H and O–H groups in total. The zero-order valence-corrected chi connectivity index (χ0v) is 19.4. The fourth-order valence-electron chi connectivity index (χ4n) is 4.35. The second-order valence-electron chi connectivity index (χ2n) is 8.80. The molecule has 14 heteroatoms. The average Bonchev–Trinajstić information content (AvgIpc) is 3.47. The molecule has 1 aromatic heterocycles. The van der Waals surface area contributed by atoms with Crippen molar-refractivity contribution >= 4 is 11.9 Å². The Kier molecular flexibility index (Phi) is 10.5. The molecule has 3 aliphatic rings. The van der Waals surface area contributed by atoms with Crippen molar-refractivity contribution in [3.05, 3.63) is 30.1 Å². The lowest BCUT2D eigenvalue weighted by atomic mass is 9.87. The number of carbonyl (C=O) groups is 2. The van der Waals surface area contributed by atoms with Crippen LogP contribution in [0.1, 0.15) is 37.8 Å². The largest absolute Gasteiger partial charge is 0.490 e. The number of pyridine rings is 1. The monoisotopic (exact) mass is 529 g/mol. The molecule has 4 heterocycles. The Labute approximate surface area is 203 Å². The SMILES string of the molecule is O=C(O)C(F)(F)F.O=C(O)C(F)(F)F.c1ccc(CN2CCC3(CC2)CC(N2CCCC2)CO3)nc1. The second kappa shape index (κ2) is 12.7. The van der Waals surface area contributed by atoms with E-state index >= 15 is 0 Å². The minimum atomic E-state index is -5.08. The Bertz CT molecular complexity index is 815. The second-order valence-corrected chi connectivity index (χ2v) is 8.80. The Hall–Kier alpha value is -2.45. The Balaban J connectivity index is 0.000000271. The third kappa shape index (κ3) is 9.54. The van der Waals surface area contributed by atoms with Gasteiger partial charge in [0.15, 0.2) is 0 Å². The number of aliphatic carboxylic acids is 2. The summed E-state index contributed by atoms with van der Waals surface area (Å²) >= 11 is 0. The van der Waals surface area contributed by atoms with E-state index in [9.17, 15) is 26.3 Å². The molecule has 1 spiro atoms. The summed E-state index contributed by atoms with van der Waals surface area (Å²) in [5.74, 6) is -5.51. The summed E-state index contributed by atoms with van der Waals surface area (Å²) in [4.78, 5) is 27.4. The molecule has 0 aliphatic carbocycles. The van der Waals surface area contributed by atoms with Gasteiger partial charge in [0.05, 0.1) is 17.9 Å². The topological polar surface area (TPSA) is 103 Å². The molecule has 0 aromatic carbocycles. The van der Waals surface area contributed by atoms with Crippen molar-refractivity contribution < 1.29 is 50.9 Å². The van der Waals surface area contributed by atoms with Crippen LogP contribution in [0.4, 0.5) is 26.3 Å². The molecule has 4 rings (SSSR count). The molecule has 3 saturated heterocycles. The number of rotatable bonds is 3. The summed E-state index contributed by atoms with van der Waals surface area (Å²) in [7, 11) is 0. The van der Waals surface area contributed by atoms with E-state index in [1.54, 1.807) is 0 Å². The number of carboxylic acid groups (broad SMARTS) is 2. The molecular weight excluding hydrogens is 500 g/mol. The molecule has 1 aromatic rings. The van der Waals surface area contributed by atoms with Gasteiger partial charge in [-0.25, -0.2) is 9.59 Å². The van der Waals surface area contributed by atoms with Crippen LogP contribution in [0.25, 0.3) is 0 Å². The molecule has 0 saturated carbocycles. The number of hydrogen-bond acceptors (Lipinski definition) is 6. The predicted molar refractivity (Wildman–Crippen MR) is 114 cm³/mol. The van der Waals surface area contributed by atoms with Crippen molar-refractivity contribution in [3.8, 4) is 0 Å². The maximum atomic E-state index is 10.6. The smallest absolute Gasteiger partial charge is 0.475 e. The standard InChI is InChI=1S/C18H27N3O.2C2HF3O2/c1-2-8-19-16(5-1)14-20-11-6-18(7-12-20)13-17(15-22-18)21-9-3-4-10-21;2*3-2(4,5)1(6)7/h1-2,5,8,17H,3-4,6-7,9-15H2;2*(H,6,7). The van der Waals surface area contributed by atoms with Gasteiger partial charge in [-0.2, -0.15) is 26.3 Å². The van der Waals surface area contributed by atoms with Gasteiger partial charge in [-0.1, -0.05) is 6.07 Å². The van der Waals surface area contributed by atoms with Gasteiger partial charge in [-0.15, -0.1) is 0 Å². The normalized spacial score (nSPS) is 22.3. The van der Waals surface area contributed by atoms with Crippen LogP contribution >= 0.6 is 0 Å². The van der Waals surface area contributed by atoms with Gasteiger partial charge in [0, 0.05) is 31.9 Å². The third-order valence-corrected chi connectivity index (χ3v) is 6.21. The van der Waals surface area contributed by atoms with Gasteiger partial charge in [0.25, 0.3) is 0 Å². The van der Waals surface area contributed by atoms with E-state index in [0.29, 0.717) is 6.04 Å². The van der Waals surface area contributed by atoms with E-state index in [1.807, 2.05) is 12.3 Å². The summed E-state index contributed by atoms with van der Waals surface area (Å²) in [6, 6.07) is 6.87. The maximum Gasteiger partial charge on any atom is 0.490 e. The molecule has 0 bridgehead atoms. The van der Waals surface area contributed by atoms with E-state index in [1.165, 1.54) is 50.9 Å². The van der Waals surface area contributed by atoms with Gasteiger partial charge < -0.3 is 14.9 Å². The zero-order valence-electron chi connectivity index (χ0n) is 19.4. The molecule has 0 amide bonds. The van der Waals surface area contributed by atoms with Crippen LogP contribution in [-0.4, -0.2) is 93.7 Å². The Morgan fingerprint density at radius 3 is 1.94 bits per heavy atom. The van der Waals surface area contributed by atoms with Gasteiger partial charge in [0.1, 0.15) is 0 Å². The lowest BCUT2D eigenvalue weighted by Gasteiger charge is -2.38. The number of nitrogens with zero attached hydrogens (tertiary/aromatic N) is 3. The number of ether oxygens (including phenoxy) is 1.